The molecule has 21 heavy (non-hydrogen) atoms. The zero-order chi connectivity index (χ0) is 15.2. The summed E-state index contributed by atoms with van der Waals surface area (Å²) in [5, 5.41) is 4.22. The zero-order valence-electron chi connectivity index (χ0n) is 11.7. The molecule has 0 saturated carbocycles. The highest BCUT2D eigenvalue weighted by molar-refractivity contribution is 7.22. The minimum atomic E-state index is -4.31. The van der Waals surface area contributed by atoms with Crippen LogP contribution in [0.4, 0.5) is 18.3 Å². The molecule has 0 amide bonds. The summed E-state index contributed by atoms with van der Waals surface area (Å²) < 4.78 is 38.8. The van der Waals surface area contributed by atoms with Crippen LogP contribution < -0.4 is 10.2 Å². The Balaban J connectivity index is 1.94. The third-order valence-electron chi connectivity index (χ3n) is 3.53. The van der Waals surface area contributed by atoms with E-state index in [-0.39, 0.29) is 0 Å². The number of thiazole rings is 1. The van der Waals surface area contributed by atoms with Gasteiger partial charge in [-0.2, -0.15) is 13.2 Å². The molecular formula is C14H16F3N3S. The molecular weight excluding hydrogens is 299 g/mol. The van der Waals surface area contributed by atoms with Crippen molar-refractivity contribution in [3.63, 3.8) is 0 Å². The molecule has 114 valence electrons. The number of anilines is 1. The number of alkyl halides is 3. The summed E-state index contributed by atoms with van der Waals surface area (Å²) in [7, 11) is 0. The highest BCUT2D eigenvalue weighted by atomic mass is 32.1. The van der Waals surface area contributed by atoms with Gasteiger partial charge in [0, 0.05) is 25.2 Å². The zero-order valence-corrected chi connectivity index (χ0v) is 12.6. The number of halogens is 3. The average Bonchev–Trinajstić information content (AvgIpc) is 2.79. The van der Waals surface area contributed by atoms with E-state index in [1.54, 1.807) is 0 Å². The summed E-state index contributed by atoms with van der Waals surface area (Å²) >= 11 is 1.33. The van der Waals surface area contributed by atoms with E-state index < -0.39 is 11.7 Å². The van der Waals surface area contributed by atoms with Crippen LogP contribution in [0.5, 0.6) is 0 Å². The first kappa shape index (κ1) is 14.6. The van der Waals surface area contributed by atoms with Crippen LogP contribution in [0, 0.1) is 0 Å². The Morgan fingerprint density at radius 1 is 1.24 bits per heavy atom. The van der Waals surface area contributed by atoms with Gasteiger partial charge in [0.15, 0.2) is 5.13 Å². The van der Waals surface area contributed by atoms with E-state index in [4.69, 9.17) is 0 Å². The minimum Gasteiger partial charge on any atom is -0.345 e. The van der Waals surface area contributed by atoms with Crippen molar-refractivity contribution < 1.29 is 13.2 Å². The summed E-state index contributed by atoms with van der Waals surface area (Å²) in [6.07, 6.45) is -4.31. The standard InChI is InChI=1S/C14H16F3N3S/c1-8-6-20(7-9(2)18-8)13-19-11-4-3-10(14(15,16)17)5-12(11)21-13/h3-5,8-9,18H,6-7H2,1-2H3/t8-,9+. The Bertz CT molecular complexity index is 642. The normalized spacial score (nSPS) is 23.8. The smallest absolute Gasteiger partial charge is 0.345 e. The Kier molecular flexibility index (Phi) is 3.57. The predicted molar refractivity (Wildman–Crippen MR) is 78.9 cm³/mol. The van der Waals surface area contributed by atoms with Gasteiger partial charge in [-0.05, 0) is 32.0 Å². The van der Waals surface area contributed by atoms with Crippen LogP contribution in [-0.2, 0) is 6.18 Å². The fourth-order valence-electron chi connectivity index (χ4n) is 2.71. The molecule has 2 heterocycles. The Morgan fingerprint density at radius 2 is 1.90 bits per heavy atom. The van der Waals surface area contributed by atoms with Gasteiger partial charge in [-0.1, -0.05) is 11.3 Å². The molecule has 0 bridgehead atoms. The number of rotatable bonds is 1. The largest absolute Gasteiger partial charge is 0.416 e. The van der Waals surface area contributed by atoms with Gasteiger partial charge >= 0.3 is 6.18 Å². The van der Waals surface area contributed by atoms with E-state index in [1.165, 1.54) is 23.5 Å². The van der Waals surface area contributed by atoms with Gasteiger partial charge < -0.3 is 10.2 Å². The van der Waals surface area contributed by atoms with Gasteiger partial charge in [0.25, 0.3) is 0 Å². The van der Waals surface area contributed by atoms with Gasteiger partial charge in [-0.15, -0.1) is 0 Å². The van der Waals surface area contributed by atoms with E-state index in [2.05, 4.69) is 29.0 Å². The first-order valence-electron chi connectivity index (χ1n) is 6.82. The number of aromatic nitrogens is 1. The van der Waals surface area contributed by atoms with E-state index in [0.717, 1.165) is 24.3 Å². The number of piperazine rings is 1. The molecule has 1 saturated heterocycles. The van der Waals surface area contributed by atoms with Crippen molar-refractivity contribution in [3.05, 3.63) is 23.8 Å². The number of fused-ring (bicyclic) bond motifs is 1. The molecule has 1 aromatic heterocycles. The van der Waals surface area contributed by atoms with Crippen molar-refractivity contribution in [2.24, 2.45) is 0 Å². The number of nitrogens with one attached hydrogen (secondary N) is 1. The van der Waals surface area contributed by atoms with Crippen LogP contribution in [0.2, 0.25) is 0 Å². The van der Waals surface area contributed by atoms with Crippen LogP contribution in [0.25, 0.3) is 10.2 Å². The molecule has 7 heteroatoms. The number of nitrogens with zero attached hydrogens (tertiary/aromatic N) is 2. The quantitative estimate of drug-likeness (QED) is 0.873. The summed E-state index contributed by atoms with van der Waals surface area (Å²) in [5.41, 5.74) is 0.00841. The first-order chi connectivity index (χ1) is 9.83. The van der Waals surface area contributed by atoms with Gasteiger partial charge in [0.05, 0.1) is 15.8 Å². The van der Waals surface area contributed by atoms with E-state index >= 15 is 0 Å². The van der Waals surface area contributed by atoms with Crippen LogP contribution >= 0.6 is 11.3 Å². The van der Waals surface area contributed by atoms with Crippen molar-refractivity contribution in [2.45, 2.75) is 32.1 Å². The molecule has 2 atom stereocenters. The highest BCUT2D eigenvalue weighted by Gasteiger charge is 2.31. The molecule has 2 aromatic rings. The maximum Gasteiger partial charge on any atom is 0.416 e. The van der Waals surface area contributed by atoms with E-state index in [1.807, 2.05) is 0 Å². The Morgan fingerprint density at radius 3 is 2.52 bits per heavy atom. The second-order valence-corrected chi connectivity index (χ2v) is 6.56. The summed E-state index contributed by atoms with van der Waals surface area (Å²) in [5.74, 6) is 0. The van der Waals surface area contributed by atoms with Crippen molar-refractivity contribution in [1.29, 1.82) is 0 Å². The third kappa shape index (κ3) is 2.98. The Hall–Kier alpha value is -1.34. The average molecular weight is 315 g/mol. The molecule has 1 fully saturated rings. The molecule has 0 radical (unpaired) electrons. The maximum atomic E-state index is 12.7. The molecule has 1 N–H and O–H groups in total. The lowest BCUT2D eigenvalue weighted by Crippen LogP contribution is -2.54. The summed E-state index contributed by atoms with van der Waals surface area (Å²) in [6.45, 7) is 5.82. The first-order valence-corrected chi connectivity index (χ1v) is 7.63. The van der Waals surface area contributed by atoms with Gasteiger partial charge in [-0.3, -0.25) is 0 Å². The van der Waals surface area contributed by atoms with E-state index in [9.17, 15) is 13.2 Å². The highest BCUT2D eigenvalue weighted by Crippen LogP contribution is 2.35. The lowest BCUT2D eigenvalue weighted by Gasteiger charge is -2.35. The predicted octanol–water partition coefficient (Wildman–Crippen LogP) is 3.50. The SMILES string of the molecule is C[C@@H]1CN(c2nc3ccc(C(F)(F)F)cc3s2)C[C@H](C)N1. The minimum absolute atomic E-state index is 0.339. The molecule has 1 aromatic carbocycles. The number of benzene rings is 1. The lowest BCUT2D eigenvalue weighted by molar-refractivity contribution is -0.137. The molecule has 1 aliphatic rings. The molecule has 3 rings (SSSR count). The third-order valence-corrected chi connectivity index (χ3v) is 4.61. The monoisotopic (exact) mass is 315 g/mol. The fraction of sp³-hybridized carbons (Fsp3) is 0.500. The topological polar surface area (TPSA) is 28.2 Å². The van der Waals surface area contributed by atoms with Crippen LogP contribution in [0.3, 0.4) is 0 Å². The van der Waals surface area contributed by atoms with Gasteiger partial charge in [-0.25, -0.2) is 4.98 Å². The molecule has 3 nitrogen and oxygen atoms in total. The van der Waals surface area contributed by atoms with Crippen molar-refractivity contribution in [1.82, 2.24) is 10.3 Å². The van der Waals surface area contributed by atoms with Crippen LogP contribution in [-0.4, -0.2) is 30.2 Å². The maximum absolute atomic E-state index is 12.7. The van der Waals surface area contributed by atoms with Gasteiger partial charge in [0.2, 0.25) is 0 Å². The van der Waals surface area contributed by atoms with Crippen molar-refractivity contribution in [3.8, 4) is 0 Å². The van der Waals surface area contributed by atoms with Crippen LogP contribution in [0.1, 0.15) is 19.4 Å². The number of hydrogen-bond donors (Lipinski definition) is 1. The Labute approximate surface area is 124 Å². The van der Waals surface area contributed by atoms with E-state index in [0.29, 0.717) is 22.3 Å². The second kappa shape index (κ2) is 5.14. The summed E-state index contributed by atoms with van der Waals surface area (Å²) in [4.78, 5) is 6.62. The van der Waals surface area contributed by atoms with Crippen molar-refractivity contribution in [2.75, 3.05) is 18.0 Å². The summed E-state index contributed by atoms with van der Waals surface area (Å²) in [6, 6.07) is 4.41. The molecule has 0 unspecified atom stereocenters. The number of hydrogen-bond acceptors (Lipinski definition) is 4. The van der Waals surface area contributed by atoms with Crippen LogP contribution in [0.15, 0.2) is 18.2 Å². The molecule has 0 aliphatic carbocycles. The molecule has 0 spiro atoms. The molecule has 1 aliphatic heterocycles. The lowest BCUT2D eigenvalue weighted by atomic mass is 10.2. The van der Waals surface area contributed by atoms with Crippen molar-refractivity contribution >= 4 is 26.7 Å². The fourth-order valence-corrected chi connectivity index (χ4v) is 3.73. The second-order valence-electron chi connectivity index (χ2n) is 5.55. The van der Waals surface area contributed by atoms with Gasteiger partial charge in [0.1, 0.15) is 0 Å².